The molecule has 0 unspecified atom stereocenters. The molecule has 2 aromatic heterocycles. The van der Waals surface area contributed by atoms with Crippen molar-refractivity contribution in [2.75, 3.05) is 12.8 Å². The summed E-state index contributed by atoms with van der Waals surface area (Å²) in [6, 6.07) is 0. The lowest BCUT2D eigenvalue weighted by Gasteiger charge is -1.93. The van der Waals surface area contributed by atoms with E-state index in [1.54, 1.807) is 6.92 Å². The van der Waals surface area contributed by atoms with Gasteiger partial charge < -0.3 is 10.5 Å². The maximum absolute atomic E-state index is 11.3. The average Bonchev–Trinajstić information content (AvgIpc) is 2.83. The summed E-state index contributed by atoms with van der Waals surface area (Å²) in [5.74, 6) is 0.0752. The zero-order chi connectivity index (χ0) is 11.7. The Labute approximate surface area is 95.0 Å². The summed E-state index contributed by atoms with van der Waals surface area (Å²) < 4.78 is 9.96. The molecule has 2 aromatic rings. The van der Waals surface area contributed by atoms with Gasteiger partial charge in [-0.2, -0.15) is 9.47 Å². The zero-order valence-electron chi connectivity index (χ0n) is 8.67. The first-order chi connectivity index (χ1) is 7.61. The fraction of sp³-hybridized carbons (Fsp3) is 0.250. The quantitative estimate of drug-likeness (QED) is 0.762. The Morgan fingerprint density at radius 2 is 2.38 bits per heavy atom. The van der Waals surface area contributed by atoms with Gasteiger partial charge in [-0.3, -0.25) is 0 Å². The first kappa shape index (κ1) is 10.6. The fourth-order valence-electron chi connectivity index (χ4n) is 1.12. The normalized spacial score (nSPS) is 10.4. The number of rotatable bonds is 2. The highest BCUT2D eigenvalue weighted by Crippen LogP contribution is 2.16. The second-order valence-electron chi connectivity index (χ2n) is 2.99. The molecule has 0 fully saturated rings. The lowest BCUT2D eigenvalue weighted by Crippen LogP contribution is -2.05. The number of nitrogen functional groups attached to an aromatic ring is 1. The van der Waals surface area contributed by atoms with E-state index in [-0.39, 0.29) is 11.4 Å². The number of methoxy groups -OCH3 is 1. The maximum atomic E-state index is 11.3. The molecule has 0 radical (unpaired) electrons. The molecule has 16 heavy (non-hydrogen) atoms. The topological polar surface area (TPSA) is 95.9 Å². The molecular formula is C8H9N5O2S. The Morgan fingerprint density at radius 3 is 2.94 bits per heavy atom. The summed E-state index contributed by atoms with van der Waals surface area (Å²) in [6.45, 7) is 1.77. The molecule has 0 aliphatic rings. The van der Waals surface area contributed by atoms with Crippen LogP contribution in [0.2, 0.25) is 0 Å². The van der Waals surface area contributed by atoms with Crippen LogP contribution in [0.3, 0.4) is 0 Å². The molecule has 0 bridgehead atoms. The molecule has 0 aromatic carbocycles. The number of aromatic nitrogens is 4. The Kier molecular flexibility index (Phi) is 2.57. The maximum Gasteiger partial charge on any atom is 0.360 e. The summed E-state index contributed by atoms with van der Waals surface area (Å²) in [4.78, 5) is 15.4. The SMILES string of the molecule is COC(=O)c1nn(-c2nc(C)ns2)cc1N. The fourth-order valence-corrected chi connectivity index (χ4v) is 1.72. The van der Waals surface area contributed by atoms with Gasteiger partial charge >= 0.3 is 5.97 Å². The molecule has 2 heterocycles. The predicted molar refractivity (Wildman–Crippen MR) is 57.5 cm³/mol. The standard InChI is InChI=1S/C8H9N5O2S/c1-4-10-8(16-12-4)13-3-5(9)6(11-13)7(14)15-2/h3H,9H2,1-2H3. The van der Waals surface area contributed by atoms with Crippen LogP contribution in [0.1, 0.15) is 16.3 Å². The molecule has 0 aliphatic heterocycles. The molecule has 8 heteroatoms. The van der Waals surface area contributed by atoms with Crippen molar-refractivity contribution < 1.29 is 9.53 Å². The van der Waals surface area contributed by atoms with Crippen molar-refractivity contribution in [2.24, 2.45) is 0 Å². The largest absolute Gasteiger partial charge is 0.464 e. The summed E-state index contributed by atoms with van der Waals surface area (Å²) in [7, 11) is 1.27. The van der Waals surface area contributed by atoms with Crippen LogP contribution in [0.15, 0.2) is 6.20 Å². The van der Waals surface area contributed by atoms with Gasteiger partial charge in [-0.25, -0.2) is 14.5 Å². The lowest BCUT2D eigenvalue weighted by atomic mass is 10.4. The van der Waals surface area contributed by atoms with E-state index < -0.39 is 5.97 Å². The minimum atomic E-state index is -0.572. The molecule has 0 amide bonds. The van der Waals surface area contributed by atoms with Crippen molar-refractivity contribution in [3.8, 4) is 5.13 Å². The third-order valence-corrected chi connectivity index (χ3v) is 2.63. The Morgan fingerprint density at radius 1 is 1.62 bits per heavy atom. The number of hydrogen-bond acceptors (Lipinski definition) is 7. The molecule has 7 nitrogen and oxygen atoms in total. The number of aryl methyl sites for hydroxylation is 1. The summed E-state index contributed by atoms with van der Waals surface area (Å²) >= 11 is 1.18. The molecule has 2 N–H and O–H groups in total. The highest BCUT2D eigenvalue weighted by Gasteiger charge is 2.17. The van der Waals surface area contributed by atoms with Gasteiger partial charge in [-0.15, -0.1) is 0 Å². The van der Waals surface area contributed by atoms with Crippen molar-refractivity contribution in [3.05, 3.63) is 17.7 Å². The van der Waals surface area contributed by atoms with Crippen molar-refractivity contribution in [2.45, 2.75) is 6.92 Å². The average molecular weight is 239 g/mol. The van der Waals surface area contributed by atoms with Gasteiger partial charge in [0.15, 0.2) is 5.69 Å². The number of carbonyl (C=O) groups excluding carboxylic acids is 1. The van der Waals surface area contributed by atoms with Crippen molar-refractivity contribution in [3.63, 3.8) is 0 Å². The number of esters is 1. The van der Waals surface area contributed by atoms with Gasteiger partial charge in [0.05, 0.1) is 19.0 Å². The van der Waals surface area contributed by atoms with Gasteiger partial charge in [0.2, 0.25) is 5.13 Å². The molecular weight excluding hydrogens is 230 g/mol. The number of nitrogens with two attached hydrogens (primary N) is 1. The smallest absolute Gasteiger partial charge is 0.360 e. The number of carbonyl (C=O) groups is 1. The number of nitrogens with zero attached hydrogens (tertiary/aromatic N) is 4. The van der Waals surface area contributed by atoms with Crippen LogP contribution in [-0.2, 0) is 4.74 Å². The van der Waals surface area contributed by atoms with E-state index in [9.17, 15) is 4.79 Å². The molecule has 2 rings (SSSR count). The van der Waals surface area contributed by atoms with Crippen molar-refractivity contribution in [1.82, 2.24) is 19.1 Å². The van der Waals surface area contributed by atoms with Crippen LogP contribution in [-0.4, -0.2) is 32.2 Å². The van der Waals surface area contributed by atoms with Gasteiger partial charge in [0.1, 0.15) is 5.82 Å². The zero-order valence-corrected chi connectivity index (χ0v) is 9.48. The van der Waals surface area contributed by atoms with Gasteiger partial charge in [0, 0.05) is 11.5 Å². The molecule has 0 saturated carbocycles. The van der Waals surface area contributed by atoms with E-state index in [0.29, 0.717) is 11.0 Å². The van der Waals surface area contributed by atoms with Crippen molar-refractivity contribution >= 4 is 23.2 Å². The number of anilines is 1. The summed E-state index contributed by atoms with van der Waals surface area (Å²) in [6.07, 6.45) is 1.51. The van der Waals surface area contributed by atoms with Gasteiger partial charge in [-0.1, -0.05) is 0 Å². The van der Waals surface area contributed by atoms with Crippen LogP contribution in [0.25, 0.3) is 5.13 Å². The highest BCUT2D eigenvalue weighted by molar-refractivity contribution is 7.08. The molecule has 0 saturated heterocycles. The number of ether oxygens (including phenoxy) is 1. The highest BCUT2D eigenvalue weighted by atomic mass is 32.1. The van der Waals surface area contributed by atoms with Crippen LogP contribution in [0.4, 0.5) is 5.69 Å². The predicted octanol–water partition coefficient (Wildman–Crippen LogP) is 0.401. The van der Waals surface area contributed by atoms with E-state index in [1.165, 1.54) is 29.5 Å². The Balaban J connectivity index is 2.41. The molecule has 0 spiro atoms. The van der Waals surface area contributed by atoms with E-state index in [1.807, 2.05) is 0 Å². The van der Waals surface area contributed by atoms with Crippen LogP contribution < -0.4 is 5.73 Å². The molecule has 84 valence electrons. The Hall–Kier alpha value is -1.96. The first-order valence-corrected chi connectivity index (χ1v) is 5.13. The number of hydrogen-bond donors (Lipinski definition) is 1. The first-order valence-electron chi connectivity index (χ1n) is 4.36. The van der Waals surface area contributed by atoms with Gasteiger partial charge in [-0.05, 0) is 6.92 Å². The van der Waals surface area contributed by atoms with Crippen molar-refractivity contribution in [1.29, 1.82) is 0 Å². The second-order valence-corrected chi connectivity index (χ2v) is 3.72. The summed E-state index contributed by atoms with van der Waals surface area (Å²) in [5.41, 5.74) is 5.96. The molecule has 0 atom stereocenters. The van der Waals surface area contributed by atoms with Crippen LogP contribution in [0.5, 0.6) is 0 Å². The monoisotopic (exact) mass is 239 g/mol. The van der Waals surface area contributed by atoms with Crippen LogP contribution in [0, 0.1) is 6.92 Å². The minimum absolute atomic E-state index is 0.0790. The molecule has 0 aliphatic carbocycles. The Bertz CT molecular complexity index is 532. The van der Waals surface area contributed by atoms with E-state index >= 15 is 0 Å². The van der Waals surface area contributed by atoms with E-state index in [2.05, 4.69) is 19.2 Å². The van der Waals surface area contributed by atoms with E-state index in [0.717, 1.165) is 0 Å². The summed E-state index contributed by atoms with van der Waals surface area (Å²) in [5, 5.41) is 4.54. The third-order valence-electron chi connectivity index (χ3n) is 1.83. The second kappa shape index (κ2) is 3.89. The van der Waals surface area contributed by atoms with Crippen LogP contribution >= 0.6 is 11.5 Å². The minimum Gasteiger partial charge on any atom is -0.464 e. The lowest BCUT2D eigenvalue weighted by molar-refractivity contribution is 0.0594. The third kappa shape index (κ3) is 1.74. The van der Waals surface area contributed by atoms with E-state index in [4.69, 9.17) is 5.73 Å². The van der Waals surface area contributed by atoms with Gasteiger partial charge in [0.25, 0.3) is 0 Å².